The Bertz CT molecular complexity index is 957. The number of amides is 2. The SMILES string of the molecule is CNC(=O)c1nccc2c1CN(C(C)c1ccc(OCC(C)(F)F)c(C)c1)C2=O. The fourth-order valence-corrected chi connectivity index (χ4v) is 3.36. The lowest BCUT2D eigenvalue weighted by Gasteiger charge is -2.25. The Morgan fingerprint density at radius 2 is 2.10 bits per heavy atom. The summed E-state index contributed by atoms with van der Waals surface area (Å²) in [4.78, 5) is 30.7. The Labute approximate surface area is 167 Å². The van der Waals surface area contributed by atoms with Crippen molar-refractivity contribution >= 4 is 11.8 Å². The average Bonchev–Trinajstić information content (AvgIpc) is 3.02. The number of pyridine rings is 1. The summed E-state index contributed by atoms with van der Waals surface area (Å²) in [6.07, 6.45) is 1.45. The van der Waals surface area contributed by atoms with Gasteiger partial charge in [-0.2, -0.15) is 0 Å². The fourth-order valence-electron chi connectivity index (χ4n) is 3.36. The van der Waals surface area contributed by atoms with Crippen LogP contribution in [-0.2, 0) is 6.54 Å². The maximum absolute atomic E-state index is 13.0. The predicted molar refractivity (Wildman–Crippen MR) is 103 cm³/mol. The van der Waals surface area contributed by atoms with Crippen molar-refractivity contribution in [3.63, 3.8) is 0 Å². The molecule has 1 aliphatic rings. The summed E-state index contributed by atoms with van der Waals surface area (Å²) < 4.78 is 31.3. The molecule has 1 aromatic heterocycles. The number of alkyl halides is 2. The average molecular weight is 403 g/mol. The number of nitrogens with one attached hydrogen (secondary N) is 1. The third-order valence-corrected chi connectivity index (χ3v) is 4.95. The van der Waals surface area contributed by atoms with Gasteiger partial charge in [-0.3, -0.25) is 14.6 Å². The molecule has 0 saturated carbocycles. The van der Waals surface area contributed by atoms with Crippen LogP contribution in [0, 0.1) is 6.92 Å². The Balaban J connectivity index is 1.82. The van der Waals surface area contributed by atoms with E-state index in [9.17, 15) is 18.4 Å². The van der Waals surface area contributed by atoms with Crippen LogP contribution in [-0.4, -0.2) is 41.3 Å². The van der Waals surface area contributed by atoms with E-state index >= 15 is 0 Å². The number of hydrogen-bond acceptors (Lipinski definition) is 4. The number of benzene rings is 1. The number of hydrogen-bond donors (Lipinski definition) is 1. The van der Waals surface area contributed by atoms with Gasteiger partial charge in [-0.15, -0.1) is 0 Å². The van der Waals surface area contributed by atoms with E-state index in [1.165, 1.54) is 13.2 Å². The van der Waals surface area contributed by atoms with Gasteiger partial charge >= 0.3 is 0 Å². The van der Waals surface area contributed by atoms with Crippen molar-refractivity contribution < 1.29 is 23.1 Å². The van der Waals surface area contributed by atoms with Crippen LogP contribution in [0.1, 0.15) is 57.4 Å². The fraction of sp³-hybridized carbons (Fsp3) is 0.381. The lowest BCUT2D eigenvalue weighted by atomic mass is 10.0. The van der Waals surface area contributed by atoms with Crippen LogP contribution < -0.4 is 10.1 Å². The predicted octanol–water partition coefficient (Wildman–Crippen LogP) is 3.50. The van der Waals surface area contributed by atoms with Gasteiger partial charge in [0.25, 0.3) is 17.7 Å². The highest BCUT2D eigenvalue weighted by atomic mass is 19.3. The molecule has 6 nitrogen and oxygen atoms in total. The van der Waals surface area contributed by atoms with Crippen LogP contribution in [0.4, 0.5) is 8.78 Å². The van der Waals surface area contributed by atoms with Gasteiger partial charge in [-0.1, -0.05) is 12.1 Å². The summed E-state index contributed by atoms with van der Waals surface area (Å²) in [5.41, 5.74) is 2.86. The summed E-state index contributed by atoms with van der Waals surface area (Å²) in [6.45, 7) is 4.03. The Kier molecular flexibility index (Phi) is 5.55. The molecule has 3 rings (SSSR count). The van der Waals surface area contributed by atoms with Crippen LogP contribution in [0.5, 0.6) is 5.75 Å². The van der Waals surface area contributed by atoms with Gasteiger partial charge < -0.3 is 15.0 Å². The highest BCUT2D eigenvalue weighted by Gasteiger charge is 2.34. The smallest absolute Gasteiger partial charge is 0.278 e. The topological polar surface area (TPSA) is 71.5 Å². The molecule has 8 heteroatoms. The third-order valence-electron chi connectivity index (χ3n) is 4.95. The molecule has 154 valence electrons. The highest BCUT2D eigenvalue weighted by Crippen LogP contribution is 2.34. The first-order chi connectivity index (χ1) is 13.6. The van der Waals surface area contributed by atoms with E-state index < -0.39 is 12.5 Å². The van der Waals surface area contributed by atoms with Crippen molar-refractivity contribution in [2.75, 3.05) is 13.7 Å². The number of carbonyl (C=O) groups excluding carboxylic acids is 2. The van der Waals surface area contributed by atoms with E-state index in [0.29, 0.717) is 22.4 Å². The van der Waals surface area contributed by atoms with Gasteiger partial charge in [0.05, 0.1) is 6.04 Å². The zero-order valence-electron chi connectivity index (χ0n) is 16.8. The van der Waals surface area contributed by atoms with E-state index in [2.05, 4.69) is 10.3 Å². The van der Waals surface area contributed by atoms with Crippen molar-refractivity contribution in [1.82, 2.24) is 15.2 Å². The molecule has 0 saturated heterocycles. The van der Waals surface area contributed by atoms with Crippen molar-refractivity contribution in [3.8, 4) is 5.75 Å². The lowest BCUT2D eigenvalue weighted by molar-refractivity contribution is -0.0231. The van der Waals surface area contributed by atoms with E-state index in [1.54, 1.807) is 30.0 Å². The standard InChI is InChI=1S/C21H23F2N3O3/c1-12-9-14(5-6-17(12)29-11-21(3,22)23)13(2)26-10-16-15(20(26)28)7-8-25-18(16)19(27)24-4/h5-9,13H,10-11H2,1-4H3,(H,24,27). The molecule has 1 aliphatic heterocycles. The Hall–Kier alpha value is -3.03. The first kappa shape index (κ1) is 20.7. The molecule has 1 unspecified atom stereocenters. The van der Waals surface area contributed by atoms with Crippen LogP contribution >= 0.6 is 0 Å². The van der Waals surface area contributed by atoms with Crippen molar-refractivity contribution in [2.45, 2.75) is 39.3 Å². The van der Waals surface area contributed by atoms with E-state index in [-0.39, 0.29) is 30.1 Å². The number of aryl methyl sites for hydroxylation is 1. The molecule has 2 amide bonds. The first-order valence-electron chi connectivity index (χ1n) is 9.24. The minimum absolute atomic E-state index is 0.177. The van der Waals surface area contributed by atoms with E-state index in [1.807, 2.05) is 13.0 Å². The number of nitrogens with zero attached hydrogens (tertiary/aromatic N) is 2. The minimum atomic E-state index is -2.91. The summed E-state index contributed by atoms with van der Waals surface area (Å²) >= 11 is 0. The molecule has 0 bridgehead atoms. The van der Waals surface area contributed by atoms with E-state index in [0.717, 1.165) is 12.5 Å². The molecule has 1 atom stereocenters. The summed E-state index contributed by atoms with van der Waals surface area (Å²) in [7, 11) is 1.52. The minimum Gasteiger partial charge on any atom is -0.487 e. The maximum atomic E-state index is 13.0. The van der Waals surface area contributed by atoms with Gasteiger partial charge in [0.2, 0.25) is 0 Å². The molecular weight excluding hydrogens is 380 g/mol. The monoisotopic (exact) mass is 403 g/mol. The molecule has 1 N–H and O–H groups in total. The quantitative estimate of drug-likeness (QED) is 0.801. The third kappa shape index (κ3) is 4.21. The molecule has 2 heterocycles. The normalized spacial score (nSPS) is 14.6. The summed E-state index contributed by atoms with van der Waals surface area (Å²) in [6, 6.07) is 6.55. The molecular formula is C21H23F2N3O3. The highest BCUT2D eigenvalue weighted by molar-refractivity contribution is 6.03. The zero-order valence-corrected chi connectivity index (χ0v) is 16.8. The van der Waals surface area contributed by atoms with Crippen molar-refractivity contribution in [1.29, 1.82) is 0 Å². The van der Waals surface area contributed by atoms with Crippen LogP contribution in [0.2, 0.25) is 0 Å². The van der Waals surface area contributed by atoms with Gasteiger partial charge in [0, 0.05) is 37.8 Å². The molecule has 0 aliphatic carbocycles. The summed E-state index contributed by atoms with van der Waals surface area (Å²) in [5, 5.41) is 2.54. The Morgan fingerprint density at radius 3 is 2.72 bits per heavy atom. The number of carbonyl (C=O) groups is 2. The van der Waals surface area contributed by atoms with Crippen LogP contribution in [0.25, 0.3) is 0 Å². The molecule has 1 aromatic carbocycles. The van der Waals surface area contributed by atoms with Gasteiger partial charge in [-0.25, -0.2) is 8.78 Å². The Morgan fingerprint density at radius 1 is 1.38 bits per heavy atom. The number of ether oxygens (including phenoxy) is 1. The van der Waals surface area contributed by atoms with Gasteiger partial charge in [-0.05, 0) is 37.1 Å². The number of fused-ring (bicyclic) bond motifs is 1. The zero-order chi connectivity index (χ0) is 21.3. The molecule has 0 radical (unpaired) electrons. The van der Waals surface area contributed by atoms with Crippen molar-refractivity contribution in [2.24, 2.45) is 0 Å². The molecule has 0 spiro atoms. The lowest BCUT2D eigenvalue weighted by Crippen LogP contribution is -2.27. The molecule has 2 aromatic rings. The van der Waals surface area contributed by atoms with Gasteiger partial charge in [0.15, 0.2) is 6.61 Å². The summed E-state index contributed by atoms with van der Waals surface area (Å²) in [5.74, 6) is -3.05. The second-order valence-electron chi connectivity index (χ2n) is 7.26. The van der Waals surface area contributed by atoms with Crippen LogP contribution in [0.3, 0.4) is 0 Å². The number of rotatable bonds is 6. The second-order valence-corrected chi connectivity index (χ2v) is 7.26. The molecule has 0 fully saturated rings. The van der Waals surface area contributed by atoms with Crippen LogP contribution in [0.15, 0.2) is 30.5 Å². The largest absolute Gasteiger partial charge is 0.487 e. The number of aromatic nitrogens is 1. The van der Waals surface area contributed by atoms with Crippen molar-refractivity contribution in [3.05, 3.63) is 58.4 Å². The van der Waals surface area contributed by atoms with E-state index in [4.69, 9.17) is 4.74 Å². The maximum Gasteiger partial charge on any atom is 0.278 e. The number of halogens is 2. The van der Waals surface area contributed by atoms with Gasteiger partial charge in [0.1, 0.15) is 11.4 Å². The first-order valence-corrected chi connectivity index (χ1v) is 9.24. The molecule has 29 heavy (non-hydrogen) atoms. The second kappa shape index (κ2) is 7.77.